The fourth-order valence-corrected chi connectivity index (χ4v) is 4.19. The van der Waals surface area contributed by atoms with E-state index in [2.05, 4.69) is 38.1 Å². The second kappa shape index (κ2) is 9.90. The van der Waals surface area contributed by atoms with E-state index in [1.54, 1.807) is 0 Å². The largest absolute Gasteiger partial charge is 0.269 e. The van der Waals surface area contributed by atoms with Crippen LogP contribution in [0.2, 0.25) is 0 Å². The van der Waals surface area contributed by atoms with Gasteiger partial charge in [0.05, 0.1) is 32.3 Å². The van der Waals surface area contributed by atoms with Crippen molar-refractivity contribution in [3.63, 3.8) is 0 Å². The Balaban J connectivity index is 0.000000390. The van der Waals surface area contributed by atoms with Gasteiger partial charge in [0.1, 0.15) is 0 Å². The van der Waals surface area contributed by atoms with Crippen molar-refractivity contribution in [1.29, 1.82) is 0 Å². The van der Waals surface area contributed by atoms with Gasteiger partial charge in [-0.1, -0.05) is 35.4 Å². The lowest BCUT2D eigenvalue weighted by Crippen LogP contribution is -2.52. The first kappa shape index (κ1) is 21.9. The zero-order chi connectivity index (χ0) is 15.4. The van der Waals surface area contributed by atoms with Crippen LogP contribution in [0.1, 0.15) is 11.1 Å². The molecule has 1 aliphatic rings. The highest BCUT2D eigenvalue weighted by Gasteiger charge is 2.46. The molecule has 0 unspecified atom stereocenters. The minimum Gasteiger partial charge on any atom is -0.269 e. The summed E-state index contributed by atoms with van der Waals surface area (Å²) >= 11 is 35.3. The van der Waals surface area contributed by atoms with E-state index >= 15 is 0 Å². The van der Waals surface area contributed by atoms with Gasteiger partial charge in [-0.15, -0.1) is 69.6 Å². The molecule has 0 aliphatic heterocycles. The van der Waals surface area contributed by atoms with Gasteiger partial charge >= 0.3 is 0 Å². The minimum absolute atomic E-state index is 0. The van der Waals surface area contributed by atoms with E-state index in [4.69, 9.17) is 69.6 Å². The molecule has 2 rings (SSSR count). The highest BCUT2D eigenvalue weighted by atomic mass is 35.5. The van der Waals surface area contributed by atoms with Crippen LogP contribution >= 0.6 is 69.6 Å². The smallest absolute Gasteiger partial charge is 0.0693 e. The van der Waals surface area contributed by atoms with Crippen molar-refractivity contribution in [3.8, 4) is 0 Å². The summed E-state index contributed by atoms with van der Waals surface area (Å²) in [6.45, 7) is 4.21. The Kier molecular flexibility index (Phi) is 10.3. The van der Waals surface area contributed by atoms with Gasteiger partial charge in [-0.3, -0.25) is 4.70 Å². The maximum Gasteiger partial charge on any atom is 0.0693 e. The van der Waals surface area contributed by atoms with E-state index in [1.807, 2.05) is 0 Å². The predicted octanol–water partition coefficient (Wildman–Crippen LogP) is 6.10. The molecule has 1 saturated carbocycles. The Morgan fingerprint density at radius 2 is 0.857 bits per heavy atom. The third-order valence-corrected chi connectivity index (χ3v) is 7.03. The minimum atomic E-state index is -0.437. The lowest BCUT2D eigenvalue weighted by atomic mass is 9.97. The van der Waals surface area contributed by atoms with Gasteiger partial charge < -0.3 is 0 Å². The molecule has 0 nitrogen and oxygen atoms in total. The van der Waals surface area contributed by atoms with Crippen molar-refractivity contribution in [1.82, 2.24) is 0 Å². The Labute approximate surface area is 155 Å². The van der Waals surface area contributed by atoms with E-state index < -0.39 is 32.3 Å². The predicted molar refractivity (Wildman–Crippen MR) is 96.3 cm³/mol. The Hall–Kier alpha value is 0.890. The maximum atomic E-state index is 5.88. The van der Waals surface area contributed by atoms with E-state index in [-0.39, 0.29) is 4.70 Å². The summed E-state index contributed by atoms with van der Waals surface area (Å²) in [7, 11) is 0. The van der Waals surface area contributed by atoms with Crippen LogP contribution in [0, 0.1) is 13.8 Å². The first-order chi connectivity index (χ1) is 9.25. The molecule has 1 fully saturated rings. The molecule has 7 heteroatoms. The highest BCUT2D eigenvalue weighted by Crippen LogP contribution is 2.39. The Morgan fingerprint density at radius 3 is 1.00 bits per heavy atom. The SMILES string of the molecule is Cc1cccc(C)c1.ClC1C(Cl)C(Cl)C(Cl)C(Cl)C1Cl.F. The van der Waals surface area contributed by atoms with Crippen LogP contribution in [0.5, 0.6) is 0 Å². The van der Waals surface area contributed by atoms with Crippen LogP contribution in [0.15, 0.2) is 24.3 Å². The first-order valence-corrected chi connectivity index (χ1v) is 8.75. The second-order valence-corrected chi connectivity index (χ2v) is 7.85. The van der Waals surface area contributed by atoms with Crippen LogP contribution in [0.4, 0.5) is 4.70 Å². The van der Waals surface area contributed by atoms with Crippen molar-refractivity contribution in [3.05, 3.63) is 35.4 Å². The zero-order valence-corrected chi connectivity index (χ0v) is 16.0. The highest BCUT2D eigenvalue weighted by molar-refractivity contribution is 6.45. The molecule has 0 heterocycles. The summed E-state index contributed by atoms with van der Waals surface area (Å²) in [5, 5.41) is -2.62. The van der Waals surface area contributed by atoms with E-state index in [0.717, 1.165) is 0 Å². The first-order valence-electron chi connectivity index (χ1n) is 6.13. The van der Waals surface area contributed by atoms with Crippen LogP contribution < -0.4 is 0 Å². The van der Waals surface area contributed by atoms with Gasteiger partial charge in [0.25, 0.3) is 0 Å². The maximum absolute atomic E-state index is 5.88. The molecule has 122 valence electrons. The number of hydrogen-bond donors (Lipinski definition) is 0. The van der Waals surface area contributed by atoms with Crippen LogP contribution in [0.25, 0.3) is 0 Å². The molecule has 0 saturated heterocycles. The summed E-state index contributed by atoms with van der Waals surface area (Å²) in [6.07, 6.45) is 0. The topological polar surface area (TPSA) is 0 Å². The summed E-state index contributed by atoms with van der Waals surface area (Å²) in [5.74, 6) is 0. The fourth-order valence-electron chi connectivity index (χ4n) is 1.86. The van der Waals surface area contributed by atoms with Gasteiger partial charge in [-0.25, -0.2) is 0 Å². The van der Waals surface area contributed by atoms with Crippen LogP contribution in [-0.2, 0) is 0 Å². The normalized spacial score (nSPS) is 35.2. The molecule has 0 radical (unpaired) electrons. The van der Waals surface area contributed by atoms with Crippen molar-refractivity contribution < 1.29 is 4.70 Å². The van der Waals surface area contributed by atoms with Crippen molar-refractivity contribution in [2.24, 2.45) is 0 Å². The number of benzene rings is 1. The molecular weight excluding hydrogens is 400 g/mol. The number of halogens is 7. The van der Waals surface area contributed by atoms with Crippen LogP contribution in [-0.4, -0.2) is 32.3 Å². The standard InChI is InChI=1S/C8H10.C6H6Cl6.FH/c1-7-4-3-5-8(2)6-7;7-1-2(8)4(10)6(12)5(11)3(1)9;/h3-6H,1-2H3;1-6H;1H. The van der Waals surface area contributed by atoms with Gasteiger partial charge in [0.15, 0.2) is 0 Å². The molecule has 0 spiro atoms. The summed E-state index contributed by atoms with van der Waals surface area (Å²) in [5.41, 5.74) is 2.68. The molecule has 1 aromatic rings. The molecule has 0 aromatic heterocycles. The average Bonchev–Trinajstić information content (AvgIpc) is 2.41. The fraction of sp³-hybridized carbons (Fsp3) is 0.571. The molecule has 1 aliphatic carbocycles. The lowest BCUT2D eigenvalue weighted by molar-refractivity contribution is 0.544. The summed E-state index contributed by atoms with van der Waals surface area (Å²) in [4.78, 5) is 0. The monoisotopic (exact) mass is 414 g/mol. The van der Waals surface area contributed by atoms with E-state index in [9.17, 15) is 0 Å². The number of rotatable bonds is 0. The third kappa shape index (κ3) is 6.12. The van der Waals surface area contributed by atoms with Gasteiger partial charge in [0.2, 0.25) is 0 Å². The van der Waals surface area contributed by atoms with E-state index in [1.165, 1.54) is 11.1 Å². The second-order valence-electron chi connectivity index (χ2n) is 4.82. The Bertz CT molecular complexity index is 354. The van der Waals surface area contributed by atoms with Gasteiger partial charge in [-0.05, 0) is 13.8 Å². The molecule has 1 aromatic carbocycles. The van der Waals surface area contributed by atoms with Crippen molar-refractivity contribution in [2.75, 3.05) is 0 Å². The van der Waals surface area contributed by atoms with Crippen LogP contribution in [0.3, 0.4) is 0 Å². The number of aryl methyl sites for hydroxylation is 2. The molecule has 0 N–H and O–H groups in total. The zero-order valence-electron chi connectivity index (χ0n) is 11.4. The summed E-state index contributed by atoms with van der Waals surface area (Å²) < 4.78 is 0. The quantitative estimate of drug-likeness (QED) is 0.448. The molecule has 0 bridgehead atoms. The van der Waals surface area contributed by atoms with Gasteiger partial charge in [-0.2, -0.15) is 0 Å². The van der Waals surface area contributed by atoms with Crippen molar-refractivity contribution >= 4 is 69.6 Å². The van der Waals surface area contributed by atoms with Gasteiger partial charge in [0, 0.05) is 0 Å². The molecular formula is C14H17Cl6F. The average molecular weight is 417 g/mol. The molecule has 21 heavy (non-hydrogen) atoms. The number of hydrogen-bond acceptors (Lipinski definition) is 0. The summed E-state index contributed by atoms with van der Waals surface area (Å²) in [6, 6.07) is 8.45. The lowest BCUT2D eigenvalue weighted by Gasteiger charge is -2.37. The van der Waals surface area contributed by atoms with E-state index in [0.29, 0.717) is 0 Å². The number of alkyl halides is 6. The Morgan fingerprint density at radius 1 is 0.619 bits per heavy atom. The molecule has 0 amide bonds. The van der Waals surface area contributed by atoms with Crippen molar-refractivity contribution in [2.45, 2.75) is 46.1 Å². The molecule has 0 atom stereocenters. The third-order valence-electron chi connectivity index (χ3n) is 3.00.